The first kappa shape index (κ1) is 21.3. The van der Waals surface area contributed by atoms with Gasteiger partial charge in [-0.25, -0.2) is 4.98 Å². The molecule has 1 aliphatic rings. The Morgan fingerprint density at radius 1 is 1.32 bits per heavy atom. The number of rotatable bonds is 6. The van der Waals surface area contributed by atoms with Crippen LogP contribution in [0.1, 0.15) is 49.5 Å². The molecule has 1 fully saturated rings. The molecule has 1 saturated heterocycles. The quantitative estimate of drug-likeness (QED) is 0.632. The van der Waals surface area contributed by atoms with E-state index in [4.69, 9.17) is 4.74 Å². The summed E-state index contributed by atoms with van der Waals surface area (Å²) in [4.78, 5) is 32.5. The van der Waals surface area contributed by atoms with Gasteiger partial charge in [0.05, 0.1) is 6.10 Å². The summed E-state index contributed by atoms with van der Waals surface area (Å²) in [6, 6.07) is 7.50. The molecule has 0 saturated carbocycles. The van der Waals surface area contributed by atoms with E-state index in [0.717, 1.165) is 36.0 Å². The summed E-state index contributed by atoms with van der Waals surface area (Å²) in [5.74, 6) is 0.911. The molecule has 0 aliphatic carbocycles. The minimum atomic E-state index is -0.462. The minimum Gasteiger partial charge on any atom is -0.491 e. The number of hydrogen-bond donors (Lipinski definition) is 1. The molecule has 8 nitrogen and oxygen atoms in total. The molecule has 0 spiro atoms. The van der Waals surface area contributed by atoms with Crippen molar-refractivity contribution in [2.45, 2.75) is 46.3 Å². The predicted octanol–water partition coefficient (Wildman–Crippen LogP) is 3.10. The molecule has 1 aliphatic heterocycles. The maximum atomic E-state index is 12.9. The summed E-state index contributed by atoms with van der Waals surface area (Å²) in [6.07, 6.45) is 3.76. The van der Waals surface area contributed by atoms with Crippen molar-refractivity contribution >= 4 is 27.3 Å². The highest BCUT2D eigenvalue weighted by Crippen LogP contribution is 2.26. The van der Waals surface area contributed by atoms with Crippen LogP contribution in [0.2, 0.25) is 0 Å². The largest absolute Gasteiger partial charge is 0.491 e. The summed E-state index contributed by atoms with van der Waals surface area (Å²) in [5, 5.41) is 8.02. The van der Waals surface area contributed by atoms with E-state index in [9.17, 15) is 9.59 Å². The van der Waals surface area contributed by atoms with Crippen molar-refractivity contribution in [1.29, 1.82) is 0 Å². The van der Waals surface area contributed by atoms with Gasteiger partial charge in [0.2, 0.25) is 10.1 Å². The number of amides is 1. The van der Waals surface area contributed by atoms with Gasteiger partial charge in [-0.3, -0.25) is 9.59 Å². The van der Waals surface area contributed by atoms with Gasteiger partial charge in [-0.15, -0.1) is 5.10 Å². The van der Waals surface area contributed by atoms with Crippen LogP contribution in [0, 0.1) is 5.92 Å². The van der Waals surface area contributed by atoms with Crippen molar-refractivity contribution in [3.8, 4) is 5.75 Å². The Hall–Kier alpha value is -2.94. The summed E-state index contributed by atoms with van der Waals surface area (Å²) in [6.45, 7) is 8.30. The second kappa shape index (κ2) is 9.05. The van der Waals surface area contributed by atoms with Crippen molar-refractivity contribution in [2.75, 3.05) is 18.0 Å². The summed E-state index contributed by atoms with van der Waals surface area (Å²) in [7, 11) is 0. The number of carbonyl (C=O) groups is 1. The smallest absolute Gasteiger partial charge is 0.288 e. The number of aromatic nitrogens is 3. The number of nitrogens with one attached hydrogen (secondary N) is 1. The van der Waals surface area contributed by atoms with Crippen LogP contribution in [-0.4, -0.2) is 39.7 Å². The van der Waals surface area contributed by atoms with Crippen molar-refractivity contribution in [3.63, 3.8) is 0 Å². The fourth-order valence-electron chi connectivity index (χ4n) is 3.66. The average Bonchev–Trinajstić information content (AvgIpc) is 3.18. The van der Waals surface area contributed by atoms with Crippen molar-refractivity contribution in [2.24, 2.45) is 5.92 Å². The van der Waals surface area contributed by atoms with E-state index in [1.807, 2.05) is 38.1 Å². The van der Waals surface area contributed by atoms with Gasteiger partial charge < -0.3 is 15.0 Å². The molecule has 9 heteroatoms. The molecule has 2 aromatic heterocycles. The topological polar surface area (TPSA) is 88.8 Å². The molecule has 0 radical (unpaired) electrons. The zero-order valence-corrected chi connectivity index (χ0v) is 18.8. The van der Waals surface area contributed by atoms with Crippen molar-refractivity contribution < 1.29 is 9.53 Å². The van der Waals surface area contributed by atoms with Crippen LogP contribution in [0.4, 0.5) is 5.13 Å². The van der Waals surface area contributed by atoms with Gasteiger partial charge in [0.25, 0.3) is 11.5 Å². The number of nitrogens with zero attached hydrogens (tertiary/aromatic N) is 4. The molecule has 164 valence electrons. The number of ether oxygens (including phenoxy) is 1. The summed E-state index contributed by atoms with van der Waals surface area (Å²) in [5.41, 5.74) is 0.450. The molecule has 4 rings (SSSR count). The zero-order chi connectivity index (χ0) is 22.0. The Labute approximate surface area is 184 Å². The molecule has 0 bridgehead atoms. The highest BCUT2D eigenvalue weighted by molar-refractivity contribution is 7.20. The monoisotopic (exact) mass is 441 g/mol. The number of fused-ring (bicyclic) bond motifs is 1. The van der Waals surface area contributed by atoms with Crippen LogP contribution in [0.15, 0.2) is 35.3 Å². The SMILES string of the molecule is CC(C)Oc1ccc(CNC(=O)c2cnc3sc(N4CCC[C@H](C)C4)nn3c2=O)cc1. The van der Waals surface area contributed by atoms with Crippen molar-refractivity contribution in [1.82, 2.24) is 19.9 Å². The van der Waals surface area contributed by atoms with E-state index < -0.39 is 11.5 Å². The van der Waals surface area contributed by atoms with E-state index >= 15 is 0 Å². The van der Waals surface area contributed by atoms with Crippen LogP contribution in [0.25, 0.3) is 4.96 Å². The van der Waals surface area contributed by atoms with E-state index in [-0.39, 0.29) is 11.7 Å². The van der Waals surface area contributed by atoms with Crippen molar-refractivity contribution in [3.05, 3.63) is 51.9 Å². The number of anilines is 1. The fraction of sp³-hybridized carbons (Fsp3) is 0.455. The molecule has 0 unspecified atom stereocenters. The number of piperidine rings is 1. The van der Waals surface area contributed by atoms with Gasteiger partial charge in [-0.05, 0) is 50.3 Å². The predicted molar refractivity (Wildman–Crippen MR) is 121 cm³/mol. The highest BCUT2D eigenvalue weighted by Gasteiger charge is 2.22. The lowest BCUT2D eigenvalue weighted by atomic mass is 10.0. The second-order valence-electron chi connectivity index (χ2n) is 8.24. The van der Waals surface area contributed by atoms with E-state index in [2.05, 4.69) is 27.2 Å². The zero-order valence-electron chi connectivity index (χ0n) is 18.0. The van der Waals surface area contributed by atoms with E-state index in [1.165, 1.54) is 28.5 Å². The molecule has 1 atom stereocenters. The van der Waals surface area contributed by atoms with Crippen LogP contribution < -0.4 is 20.5 Å². The van der Waals surface area contributed by atoms with E-state index in [1.54, 1.807) is 0 Å². The molecule has 1 N–H and O–H groups in total. The van der Waals surface area contributed by atoms with Crippen LogP contribution in [0.5, 0.6) is 5.75 Å². The lowest BCUT2D eigenvalue weighted by molar-refractivity contribution is 0.0948. The third kappa shape index (κ3) is 4.87. The normalized spacial score (nSPS) is 16.6. The van der Waals surface area contributed by atoms with Gasteiger partial charge in [0.1, 0.15) is 11.3 Å². The maximum Gasteiger partial charge on any atom is 0.288 e. The Balaban J connectivity index is 1.46. The van der Waals surface area contributed by atoms with Crippen LogP contribution in [0.3, 0.4) is 0 Å². The summed E-state index contributed by atoms with van der Waals surface area (Å²) >= 11 is 1.38. The second-order valence-corrected chi connectivity index (χ2v) is 9.18. The number of benzene rings is 1. The third-order valence-corrected chi connectivity index (χ3v) is 6.18. The third-order valence-electron chi connectivity index (χ3n) is 5.20. The highest BCUT2D eigenvalue weighted by atomic mass is 32.1. The number of carbonyl (C=O) groups excluding carboxylic acids is 1. The molecule has 1 aromatic carbocycles. The Morgan fingerprint density at radius 2 is 2.10 bits per heavy atom. The van der Waals surface area contributed by atoms with Gasteiger partial charge in [0.15, 0.2) is 0 Å². The van der Waals surface area contributed by atoms with Crippen LogP contribution >= 0.6 is 11.3 Å². The van der Waals surface area contributed by atoms with Gasteiger partial charge >= 0.3 is 0 Å². The van der Waals surface area contributed by atoms with Gasteiger partial charge in [-0.1, -0.05) is 30.4 Å². The Kier molecular flexibility index (Phi) is 6.22. The Bertz CT molecular complexity index is 1120. The molecule has 3 aromatic rings. The maximum absolute atomic E-state index is 12.9. The number of hydrogen-bond acceptors (Lipinski definition) is 7. The molecule has 1 amide bonds. The lowest BCUT2D eigenvalue weighted by Crippen LogP contribution is -2.34. The molecule has 31 heavy (non-hydrogen) atoms. The summed E-state index contributed by atoms with van der Waals surface area (Å²) < 4.78 is 6.87. The molecular weight excluding hydrogens is 414 g/mol. The standard InChI is InChI=1S/C22H27N5O3S/c1-14(2)30-17-8-6-16(7-9-17)11-23-19(28)18-12-24-21-27(20(18)29)25-22(31-21)26-10-4-5-15(3)13-26/h6-9,12,14-15H,4-5,10-11,13H2,1-3H3,(H,23,28)/t15-/m0/s1. The van der Waals surface area contributed by atoms with E-state index in [0.29, 0.717) is 17.4 Å². The molecule has 3 heterocycles. The average molecular weight is 442 g/mol. The molecular formula is C22H27N5O3S. The van der Waals surface area contributed by atoms with Crippen LogP contribution in [-0.2, 0) is 6.54 Å². The lowest BCUT2D eigenvalue weighted by Gasteiger charge is -2.30. The first-order valence-electron chi connectivity index (χ1n) is 10.6. The Morgan fingerprint density at radius 3 is 2.81 bits per heavy atom. The fourth-order valence-corrected chi connectivity index (χ4v) is 4.55. The van der Waals surface area contributed by atoms with Gasteiger partial charge in [-0.2, -0.15) is 4.52 Å². The first-order chi connectivity index (χ1) is 14.9. The minimum absolute atomic E-state index is 0.0128. The van der Waals surface area contributed by atoms with Gasteiger partial charge in [0, 0.05) is 25.8 Å². The first-order valence-corrected chi connectivity index (χ1v) is 11.4.